The predicted molar refractivity (Wildman–Crippen MR) is 97.0 cm³/mol. The molecular weight excluding hydrogens is 340 g/mol. The van der Waals surface area contributed by atoms with Crippen LogP contribution < -0.4 is 4.18 Å². The second kappa shape index (κ2) is 8.47. The van der Waals surface area contributed by atoms with E-state index >= 15 is 0 Å². The molecule has 0 saturated carbocycles. The molecule has 0 aliphatic carbocycles. The van der Waals surface area contributed by atoms with E-state index in [9.17, 15) is 8.42 Å². The first kappa shape index (κ1) is 19.4. The van der Waals surface area contributed by atoms with E-state index in [1.165, 1.54) is 0 Å². The molecule has 1 atom stereocenters. The van der Waals surface area contributed by atoms with E-state index in [2.05, 4.69) is 0 Å². The number of hydrogen-bond acceptors (Lipinski definition) is 5. The van der Waals surface area contributed by atoms with E-state index in [-0.39, 0.29) is 0 Å². The number of hydrogen-bond donors (Lipinski definition) is 0. The predicted octanol–water partition coefficient (Wildman–Crippen LogP) is 3.49. The average molecular weight is 364 g/mol. The van der Waals surface area contributed by atoms with Crippen molar-refractivity contribution in [1.29, 1.82) is 0 Å². The van der Waals surface area contributed by atoms with E-state index in [0.29, 0.717) is 25.4 Å². The van der Waals surface area contributed by atoms with Gasteiger partial charge in [-0.3, -0.25) is 0 Å². The molecule has 0 heterocycles. The summed E-state index contributed by atoms with van der Waals surface area (Å²) in [5, 5.41) is 0. The highest BCUT2D eigenvalue weighted by Crippen LogP contribution is 2.27. The van der Waals surface area contributed by atoms with Gasteiger partial charge in [-0.05, 0) is 38.0 Å². The Morgan fingerprint density at radius 3 is 2.16 bits per heavy atom. The zero-order valence-corrected chi connectivity index (χ0v) is 15.6. The molecule has 5 nitrogen and oxygen atoms in total. The summed E-state index contributed by atoms with van der Waals surface area (Å²) in [5.74, 6) is -0.495. The molecule has 6 heteroatoms. The van der Waals surface area contributed by atoms with E-state index in [1.807, 2.05) is 56.3 Å². The lowest BCUT2D eigenvalue weighted by Crippen LogP contribution is -2.30. The van der Waals surface area contributed by atoms with Gasteiger partial charge in [-0.15, -0.1) is 0 Å². The summed E-state index contributed by atoms with van der Waals surface area (Å²) in [6.07, 6.45) is 1.70. The van der Waals surface area contributed by atoms with Crippen molar-refractivity contribution >= 4 is 10.1 Å². The molecule has 2 aromatic rings. The normalized spacial score (nSPS) is 14.0. The monoisotopic (exact) mass is 364 g/mol. The summed E-state index contributed by atoms with van der Waals surface area (Å²) >= 11 is 0. The van der Waals surface area contributed by atoms with Crippen molar-refractivity contribution in [2.45, 2.75) is 26.1 Å². The van der Waals surface area contributed by atoms with Crippen LogP contribution in [-0.4, -0.2) is 27.9 Å². The topological polar surface area (TPSA) is 61.8 Å². The van der Waals surface area contributed by atoms with Gasteiger partial charge in [0.25, 0.3) is 0 Å². The van der Waals surface area contributed by atoms with E-state index < -0.39 is 15.9 Å². The van der Waals surface area contributed by atoms with Gasteiger partial charge in [0.15, 0.2) is 5.79 Å². The first-order valence-electron chi connectivity index (χ1n) is 8.14. The Labute approximate surface area is 149 Å². The first-order chi connectivity index (χ1) is 11.8. The van der Waals surface area contributed by atoms with Gasteiger partial charge in [-0.2, -0.15) is 8.42 Å². The Morgan fingerprint density at radius 2 is 1.60 bits per heavy atom. The van der Waals surface area contributed by atoms with Crippen LogP contribution in [-0.2, 0) is 31.8 Å². The highest BCUT2D eigenvalue weighted by atomic mass is 32.2. The van der Waals surface area contributed by atoms with E-state index in [4.69, 9.17) is 13.7 Å². The van der Waals surface area contributed by atoms with Crippen LogP contribution in [0.1, 0.15) is 25.0 Å². The van der Waals surface area contributed by atoms with Crippen LogP contribution in [0.15, 0.2) is 54.6 Å². The fourth-order valence-corrected chi connectivity index (χ4v) is 2.94. The second-order valence-corrected chi connectivity index (χ2v) is 7.35. The van der Waals surface area contributed by atoms with Crippen LogP contribution >= 0.6 is 0 Å². The summed E-state index contributed by atoms with van der Waals surface area (Å²) < 4.78 is 38.9. The molecule has 1 unspecified atom stereocenters. The minimum absolute atomic E-state index is 0.301. The third-order valence-electron chi connectivity index (χ3n) is 3.66. The number of rotatable bonds is 9. The summed E-state index contributed by atoms with van der Waals surface area (Å²) in [5.41, 5.74) is 1.99. The Hall–Kier alpha value is -1.89. The minimum Gasteiger partial charge on any atom is -0.383 e. The van der Waals surface area contributed by atoms with Crippen molar-refractivity contribution in [2.24, 2.45) is 0 Å². The van der Waals surface area contributed by atoms with E-state index in [0.717, 1.165) is 17.4 Å². The van der Waals surface area contributed by atoms with Crippen LogP contribution in [0.4, 0.5) is 0 Å². The van der Waals surface area contributed by atoms with Gasteiger partial charge in [0.2, 0.25) is 0 Å². The third kappa shape index (κ3) is 6.16. The standard InChI is InChI=1S/C19H24O5S/c1-4-22-19(2,17-8-6-5-7-9-17)23-15-14-16-10-12-18(13-11-16)24-25(3,20)21/h5-13H,4,14-15H2,1-3H3. The van der Waals surface area contributed by atoms with Crippen molar-refractivity contribution in [1.82, 2.24) is 0 Å². The van der Waals surface area contributed by atoms with Gasteiger partial charge in [0.1, 0.15) is 5.75 Å². The van der Waals surface area contributed by atoms with Crippen LogP contribution in [0.5, 0.6) is 5.75 Å². The highest BCUT2D eigenvalue weighted by molar-refractivity contribution is 7.86. The molecule has 0 fully saturated rings. The third-order valence-corrected chi connectivity index (χ3v) is 4.15. The molecule has 2 aromatic carbocycles. The molecule has 0 spiro atoms. The molecule has 0 aromatic heterocycles. The molecule has 2 rings (SSSR count). The van der Waals surface area contributed by atoms with Gasteiger partial charge in [-0.25, -0.2) is 0 Å². The highest BCUT2D eigenvalue weighted by Gasteiger charge is 2.27. The molecule has 0 bridgehead atoms. The van der Waals surface area contributed by atoms with Crippen LogP contribution in [0, 0.1) is 0 Å². The average Bonchev–Trinajstić information content (AvgIpc) is 2.56. The summed E-state index contributed by atoms with van der Waals surface area (Å²) in [6, 6.07) is 16.7. The number of ether oxygens (including phenoxy) is 2. The molecule has 0 aliphatic heterocycles. The summed E-state index contributed by atoms with van der Waals surface area (Å²) in [6.45, 7) is 4.86. The number of benzene rings is 2. The molecule has 0 aliphatic rings. The maximum atomic E-state index is 11.1. The molecule has 136 valence electrons. The molecule has 0 amide bonds. The molecule has 0 saturated heterocycles. The Balaban J connectivity index is 1.96. The quantitative estimate of drug-likeness (QED) is 0.503. The Bertz CT molecular complexity index is 756. The SMILES string of the molecule is CCOC(C)(OCCc1ccc(OS(C)(=O)=O)cc1)c1ccccc1. The van der Waals surface area contributed by atoms with Crippen molar-refractivity contribution in [3.8, 4) is 5.75 Å². The largest absolute Gasteiger partial charge is 0.383 e. The van der Waals surface area contributed by atoms with Gasteiger partial charge in [0.05, 0.1) is 12.9 Å². The Morgan fingerprint density at radius 1 is 0.960 bits per heavy atom. The summed E-state index contributed by atoms with van der Waals surface area (Å²) in [4.78, 5) is 0. The zero-order chi connectivity index (χ0) is 18.3. The maximum absolute atomic E-state index is 11.1. The van der Waals surface area contributed by atoms with Crippen LogP contribution in [0.25, 0.3) is 0 Å². The van der Waals surface area contributed by atoms with Crippen LogP contribution in [0.2, 0.25) is 0 Å². The van der Waals surface area contributed by atoms with Gasteiger partial charge < -0.3 is 13.7 Å². The maximum Gasteiger partial charge on any atom is 0.306 e. The molecular formula is C19H24O5S. The lowest BCUT2D eigenvalue weighted by molar-refractivity contribution is -0.231. The minimum atomic E-state index is -3.50. The molecule has 0 N–H and O–H groups in total. The zero-order valence-electron chi connectivity index (χ0n) is 14.8. The van der Waals surface area contributed by atoms with Crippen molar-refractivity contribution in [2.75, 3.05) is 19.5 Å². The van der Waals surface area contributed by atoms with Crippen LogP contribution in [0.3, 0.4) is 0 Å². The lowest BCUT2D eigenvalue weighted by atomic mass is 10.1. The first-order valence-corrected chi connectivity index (χ1v) is 9.96. The van der Waals surface area contributed by atoms with Gasteiger partial charge in [-0.1, -0.05) is 42.5 Å². The van der Waals surface area contributed by atoms with Gasteiger partial charge >= 0.3 is 10.1 Å². The fourth-order valence-electron chi connectivity index (χ4n) is 2.47. The Kier molecular flexibility index (Phi) is 6.58. The fraction of sp³-hybridized carbons (Fsp3) is 0.368. The van der Waals surface area contributed by atoms with E-state index in [1.54, 1.807) is 12.1 Å². The van der Waals surface area contributed by atoms with Gasteiger partial charge in [0, 0.05) is 12.2 Å². The van der Waals surface area contributed by atoms with Crippen molar-refractivity contribution in [3.05, 3.63) is 65.7 Å². The smallest absolute Gasteiger partial charge is 0.306 e. The summed E-state index contributed by atoms with van der Waals surface area (Å²) in [7, 11) is -3.50. The van der Waals surface area contributed by atoms with Crippen molar-refractivity contribution < 1.29 is 22.1 Å². The second-order valence-electron chi connectivity index (χ2n) is 5.77. The van der Waals surface area contributed by atoms with Crippen molar-refractivity contribution in [3.63, 3.8) is 0 Å². The molecule has 25 heavy (non-hydrogen) atoms. The molecule has 0 radical (unpaired) electrons. The lowest BCUT2D eigenvalue weighted by Gasteiger charge is -2.30.